The first-order valence-corrected chi connectivity index (χ1v) is 7.61. The second-order valence-corrected chi connectivity index (χ2v) is 5.91. The molecule has 2 atom stereocenters. The van der Waals surface area contributed by atoms with Crippen LogP contribution in [0, 0.1) is 12.3 Å². The summed E-state index contributed by atoms with van der Waals surface area (Å²) in [4.78, 5) is 14.5. The Labute approximate surface area is 135 Å². The Kier molecular flexibility index (Phi) is 4.18. The van der Waals surface area contributed by atoms with E-state index in [2.05, 4.69) is 5.92 Å². The van der Waals surface area contributed by atoms with Gasteiger partial charge in [0.15, 0.2) is 0 Å². The van der Waals surface area contributed by atoms with Crippen LogP contribution in [0.25, 0.3) is 0 Å². The number of carbonyl (C=O) groups is 1. The van der Waals surface area contributed by atoms with Gasteiger partial charge in [0, 0.05) is 17.5 Å². The molecular formula is C19H16ClNO. The fourth-order valence-electron chi connectivity index (χ4n) is 3.10. The molecule has 0 aliphatic carbocycles. The summed E-state index contributed by atoms with van der Waals surface area (Å²) in [6, 6.07) is 17.6. The van der Waals surface area contributed by atoms with Gasteiger partial charge in [-0.3, -0.25) is 4.79 Å². The minimum Gasteiger partial charge on any atom is -0.330 e. The Morgan fingerprint density at radius 2 is 1.77 bits per heavy atom. The monoisotopic (exact) mass is 309 g/mol. The minimum absolute atomic E-state index is 0.0977. The van der Waals surface area contributed by atoms with Gasteiger partial charge < -0.3 is 4.90 Å². The van der Waals surface area contributed by atoms with Crippen molar-refractivity contribution in [2.45, 2.75) is 11.8 Å². The molecule has 0 saturated carbocycles. The van der Waals surface area contributed by atoms with Crippen LogP contribution in [0.5, 0.6) is 0 Å². The van der Waals surface area contributed by atoms with E-state index in [0.717, 1.165) is 11.1 Å². The van der Waals surface area contributed by atoms with Crippen LogP contribution in [0.1, 0.15) is 23.0 Å². The van der Waals surface area contributed by atoms with Crippen molar-refractivity contribution >= 4 is 17.5 Å². The number of likely N-dealkylation sites (tertiary alicyclic amines) is 1. The summed E-state index contributed by atoms with van der Waals surface area (Å²) in [5.74, 6) is 2.59. The molecule has 1 aliphatic rings. The molecule has 0 N–H and O–H groups in total. The number of rotatable bonds is 3. The zero-order valence-electron chi connectivity index (χ0n) is 12.1. The van der Waals surface area contributed by atoms with Gasteiger partial charge in [-0.2, -0.15) is 0 Å². The first-order valence-electron chi connectivity index (χ1n) is 7.23. The number of benzene rings is 2. The lowest BCUT2D eigenvalue weighted by molar-refractivity contribution is -0.128. The molecule has 3 heteroatoms. The number of hydrogen-bond donors (Lipinski definition) is 0. The van der Waals surface area contributed by atoms with Crippen molar-refractivity contribution in [2.75, 3.05) is 13.1 Å². The summed E-state index contributed by atoms with van der Waals surface area (Å²) >= 11 is 5.97. The van der Waals surface area contributed by atoms with Crippen LogP contribution in [0.2, 0.25) is 5.02 Å². The van der Waals surface area contributed by atoms with Crippen molar-refractivity contribution in [1.82, 2.24) is 4.90 Å². The van der Waals surface area contributed by atoms with Gasteiger partial charge in [0.2, 0.25) is 5.91 Å². The van der Waals surface area contributed by atoms with Crippen LogP contribution in [0.4, 0.5) is 0 Å². The summed E-state index contributed by atoms with van der Waals surface area (Å²) in [6.45, 7) is 0.997. The molecule has 22 heavy (non-hydrogen) atoms. The first kappa shape index (κ1) is 14.7. The van der Waals surface area contributed by atoms with Gasteiger partial charge in [0.05, 0.1) is 12.5 Å². The summed E-state index contributed by atoms with van der Waals surface area (Å²) in [5, 5.41) is 0.699. The Bertz CT molecular complexity index is 702. The lowest BCUT2D eigenvalue weighted by Gasteiger charge is -2.17. The molecule has 0 radical (unpaired) electrons. The SMILES string of the molecule is C#CCN1CC(c2ccc(Cl)cc2)C(c2ccccc2)C1=O. The summed E-state index contributed by atoms with van der Waals surface area (Å²) in [6.07, 6.45) is 5.40. The number of amides is 1. The van der Waals surface area contributed by atoms with Crippen molar-refractivity contribution in [3.63, 3.8) is 0 Å². The predicted octanol–water partition coefficient (Wildman–Crippen LogP) is 3.68. The quantitative estimate of drug-likeness (QED) is 0.792. The Balaban J connectivity index is 2.00. The van der Waals surface area contributed by atoms with Crippen molar-refractivity contribution in [1.29, 1.82) is 0 Å². The van der Waals surface area contributed by atoms with Crippen LogP contribution in [0.3, 0.4) is 0 Å². The third-order valence-electron chi connectivity index (χ3n) is 4.14. The molecule has 2 aromatic carbocycles. The Morgan fingerprint density at radius 3 is 2.41 bits per heavy atom. The van der Waals surface area contributed by atoms with Gasteiger partial charge in [0.1, 0.15) is 0 Å². The normalized spacial score (nSPS) is 20.9. The Hall–Kier alpha value is -2.24. The molecule has 1 saturated heterocycles. The van der Waals surface area contributed by atoms with Gasteiger partial charge >= 0.3 is 0 Å². The zero-order chi connectivity index (χ0) is 15.5. The molecule has 1 amide bonds. The number of carbonyl (C=O) groups excluding carboxylic acids is 1. The smallest absolute Gasteiger partial charge is 0.231 e. The van der Waals surface area contributed by atoms with Crippen molar-refractivity contribution in [3.8, 4) is 12.3 Å². The lowest BCUT2D eigenvalue weighted by Crippen LogP contribution is -2.27. The van der Waals surface area contributed by atoms with Crippen LogP contribution >= 0.6 is 11.6 Å². The number of nitrogens with zero attached hydrogens (tertiary/aromatic N) is 1. The third-order valence-corrected chi connectivity index (χ3v) is 4.39. The van der Waals surface area contributed by atoms with E-state index in [0.29, 0.717) is 18.1 Å². The molecular weight excluding hydrogens is 294 g/mol. The highest BCUT2D eigenvalue weighted by Crippen LogP contribution is 2.40. The molecule has 2 aromatic rings. The fraction of sp³-hybridized carbons (Fsp3) is 0.211. The average Bonchev–Trinajstić information content (AvgIpc) is 2.86. The highest BCUT2D eigenvalue weighted by molar-refractivity contribution is 6.30. The maximum Gasteiger partial charge on any atom is 0.231 e. The largest absolute Gasteiger partial charge is 0.330 e. The molecule has 1 fully saturated rings. The fourth-order valence-corrected chi connectivity index (χ4v) is 3.22. The van der Waals surface area contributed by atoms with E-state index in [1.54, 1.807) is 4.90 Å². The van der Waals surface area contributed by atoms with E-state index in [4.69, 9.17) is 18.0 Å². The van der Waals surface area contributed by atoms with E-state index >= 15 is 0 Å². The van der Waals surface area contributed by atoms with Gasteiger partial charge in [0.25, 0.3) is 0 Å². The lowest BCUT2D eigenvalue weighted by atomic mass is 9.84. The molecule has 3 rings (SSSR count). The van der Waals surface area contributed by atoms with Crippen molar-refractivity contribution < 1.29 is 4.79 Å². The summed E-state index contributed by atoms with van der Waals surface area (Å²) < 4.78 is 0. The van der Waals surface area contributed by atoms with E-state index in [9.17, 15) is 4.79 Å². The standard InChI is InChI=1S/C19H16ClNO/c1-2-12-21-13-17(14-8-10-16(20)11-9-14)18(19(21)22)15-6-4-3-5-7-15/h1,3-11,17-18H,12-13H2. The molecule has 110 valence electrons. The van der Waals surface area contributed by atoms with Crippen LogP contribution in [0.15, 0.2) is 54.6 Å². The number of halogens is 1. The van der Waals surface area contributed by atoms with E-state index in [1.807, 2.05) is 54.6 Å². The van der Waals surface area contributed by atoms with E-state index in [-0.39, 0.29) is 17.7 Å². The van der Waals surface area contributed by atoms with Gasteiger partial charge in [-0.15, -0.1) is 6.42 Å². The predicted molar refractivity (Wildman–Crippen MR) is 88.8 cm³/mol. The highest BCUT2D eigenvalue weighted by atomic mass is 35.5. The second-order valence-electron chi connectivity index (χ2n) is 5.47. The Morgan fingerprint density at radius 1 is 1.09 bits per heavy atom. The van der Waals surface area contributed by atoms with Crippen LogP contribution < -0.4 is 0 Å². The number of hydrogen-bond acceptors (Lipinski definition) is 1. The molecule has 0 bridgehead atoms. The first-order chi connectivity index (χ1) is 10.7. The summed E-state index contributed by atoms with van der Waals surface area (Å²) in [7, 11) is 0. The molecule has 2 unspecified atom stereocenters. The van der Waals surface area contributed by atoms with E-state index in [1.165, 1.54) is 0 Å². The zero-order valence-corrected chi connectivity index (χ0v) is 12.8. The highest BCUT2D eigenvalue weighted by Gasteiger charge is 2.41. The van der Waals surface area contributed by atoms with Gasteiger partial charge in [-0.25, -0.2) is 0 Å². The molecule has 0 aromatic heterocycles. The third kappa shape index (κ3) is 2.73. The van der Waals surface area contributed by atoms with Gasteiger partial charge in [-0.1, -0.05) is 60.0 Å². The number of terminal acetylenes is 1. The maximum atomic E-state index is 12.8. The molecule has 1 aliphatic heterocycles. The van der Waals surface area contributed by atoms with Crippen LogP contribution in [-0.2, 0) is 4.79 Å². The topological polar surface area (TPSA) is 20.3 Å². The van der Waals surface area contributed by atoms with Crippen molar-refractivity contribution in [2.24, 2.45) is 0 Å². The molecule has 0 spiro atoms. The van der Waals surface area contributed by atoms with Crippen LogP contribution in [-0.4, -0.2) is 23.9 Å². The average molecular weight is 310 g/mol. The molecule has 2 nitrogen and oxygen atoms in total. The minimum atomic E-state index is -0.185. The second kappa shape index (κ2) is 6.25. The maximum absolute atomic E-state index is 12.8. The van der Waals surface area contributed by atoms with Crippen molar-refractivity contribution in [3.05, 3.63) is 70.7 Å². The van der Waals surface area contributed by atoms with Gasteiger partial charge in [-0.05, 0) is 23.3 Å². The van der Waals surface area contributed by atoms with E-state index < -0.39 is 0 Å². The summed E-state index contributed by atoms with van der Waals surface area (Å²) in [5.41, 5.74) is 2.15. The molecule has 1 heterocycles.